The predicted octanol–water partition coefficient (Wildman–Crippen LogP) is 0.917. The Morgan fingerprint density at radius 2 is 1.74 bits per heavy atom. The summed E-state index contributed by atoms with van der Waals surface area (Å²) >= 11 is 0. The van der Waals surface area contributed by atoms with Gasteiger partial charge in [0.25, 0.3) is 0 Å². The number of hydrogen-bond acceptors (Lipinski definition) is 4. The van der Waals surface area contributed by atoms with Gasteiger partial charge in [0, 0.05) is 18.7 Å². The molecule has 0 aliphatic rings. The number of nitrogens with one attached hydrogen (secondary N) is 2. The van der Waals surface area contributed by atoms with Gasteiger partial charge in [-0.3, -0.25) is 9.59 Å². The third-order valence-electron chi connectivity index (χ3n) is 2.26. The van der Waals surface area contributed by atoms with Gasteiger partial charge in [-0.1, -0.05) is 0 Å². The second kappa shape index (κ2) is 6.58. The molecule has 0 atom stereocenters. The molecule has 19 heavy (non-hydrogen) atoms. The van der Waals surface area contributed by atoms with Gasteiger partial charge in [-0.2, -0.15) is 0 Å². The number of rotatable bonds is 4. The van der Waals surface area contributed by atoms with Crippen LogP contribution >= 0.6 is 0 Å². The van der Waals surface area contributed by atoms with Crippen molar-refractivity contribution >= 4 is 17.5 Å². The summed E-state index contributed by atoms with van der Waals surface area (Å²) in [4.78, 5) is 22.7. The molecule has 0 aromatic heterocycles. The Morgan fingerprint density at radius 1 is 1.16 bits per heavy atom. The molecule has 0 unspecified atom stereocenters. The zero-order chi connectivity index (χ0) is 14.4. The maximum atomic E-state index is 13.7. The molecule has 0 aliphatic heterocycles. The van der Waals surface area contributed by atoms with Gasteiger partial charge in [-0.05, 0) is 6.92 Å². The van der Waals surface area contributed by atoms with Crippen LogP contribution in [0.15, 0.2) is 12.1 Å². The van der Waals surface area contributed by atoms with E-state index in [1.165, 1.54) is 20.3 Å². The number of methoxy groups -OCH3 is 2. The van der Waals surface area contributed by atoms with E-state index in [0.717, 1.165) is 6.07 Å². The van der Waals surface area contributed by atoms with E-state index >= 15 is 0 Å². The van der Waals surface area contributed by atoms with E-state index in [0.29, 0.717) is 6.54 Å². The molecular weight excluding hydrogens is 255 g/mol. The van der Waals surface area contributed by atoms with Crippen molar-refractivity contribution in [1.29, 1.82) is 0 Å². The van der Waals surface area contributed by atoms with E-state index in [2.05, 4.69) is 10.6 Å². The lowest BCUT2D eigenvalue weighted by Crippen LogP contribution is -2.35. The Bertz CT molecular complexity index is 491. The largest absolute Gasteiger partial charge is 0.493 e. The molecule has 1 aromatic carbocycles. The summed E-state index contributed by atoms with van der Waals surface area (Å²) in [7, 11) is 2.75. The highest BCUT2D eigenvalue weighted by Crippen LogP contribution is 2.32. The van der Waals surface area contributed by atoms with Crippen molar-refractivity contribution in [2.24, 2.45) is 0 Å². The van der Waals surface area contributed by atoms with Crippen LogP contribution in [0.3, 0.4) is 0 Å². The first-order chi connectivity index (χ1) is 9.03. The minimum Gasteiger partial charge on any atom is -0.493 e. The van der Waals surface area contributed by atoms with Crippen LogP contribution < -0.4 is 20.1 Å². The van der Waals surface area contributed by atoms with Crippen molar-refractivity contribution in [2.75, 3.05) is 26.1 Å². The maximum absolute atomic E-state index is 13.7. The smallest absolute Gasteiger partial charge is 0.313 e. The molecular formula is C12H15FN2O4. The molecule has 0 heterocycles. The molecule has 0 aliphatic carbocycles. The molecule has 2 N–H and O–H groups in total. The molecule has 7 heteroatoms. The highest BCUT2D eigenvalue weighted by atomic mass is 19.1. The summed E-state index contributed by atoms with van der Waals surface area (Å²) in [5, 5.41) is 4.47. The summed E-state index contributed by atoms with van der Waals surface area (Å²) in [5.41, 5.74) is -0.158. The van der Waals surface area contributed by atoms with Gasteiger partial charge in [0.2, 0.25) is 0 Å². The number of ether oxygens (including phenoxy) is 2. The molecule has 0 bridgehead atoms. The number of hydrogen-bond donors (Lipinski definition) is 2. The number of benzene rings is 1. The minimum atomic E-state index is -0.951. The summed E-state index contributed by atoms with van der Waals surface area (Å²) < 4.78 is 23.6. The summed E-state index contributed by atoms with van der Waals surface area (Å²) in [6, 6.07) is 2.30. The first-order valence-corrected chi connectivity index (χ1v) is 5.54. The van der Waals surface area contributed by atoms with E-state index in [4.69, 9.17) is 9.47 Å². The number of amides is 2. The number of anilines is 1. The standard InChI is InChI=1S/C12H15FN2O4/c1-4-14-11(16)12(17)15-8-6-10(19-3)9(18-2)5-7(8)13/h5-6H,4H2,1-3H3,(H,14,16)(H,15,17). The molecule has 2 amide bonds. The van der Waals surface area contributed by atoms with E-state index < -0.39 is 17.6 Å². The monoisotopic (exact) mass is 270 g/mol. The number of likely N-dealkylation sites (N-methyl/N-ethyl adjacent to an activating group) is 1. The Morgan fingerprint density at radius 3 is 2.26 bits per heavy atom. The van der Waals surface area contributed by atoms with Gasteiger partial charge >= 0.3 is 11.8 Å². The zero-order valence-electron chi connectivity index (χ0n) is 10.9. The van der Waals surface area contributed by atoms with Crippen molar-refractivity contribution in [1.82, 2.24) is 5.32 Å². The highest BCUT2D eigenvalue weighted by molar-refractivity contribution is 6.39. The fourth-order valence-electron chi connectivity index (χ4n) is 1.37. The van der Waals surface area contributed by atoms with Crippen LogP contribution in [0.4, 0.5) is 10.1 Å². The first kappa shape index (κ1) is 14.7. The first-order valence-electron chi connectivity index (χ1n) is 5.54. The van der Waals surface area contributed by atoms with E-state index in [9.17, 15) is 14.0 Å². The van der Waals surface area contributed by atoms with E-state index in [1.807, 2.05) is 0 Å². The lowest BCUT2D eigenvalue weighted by atomic mass is 10.2. The second-order valence-electron chi connectivity index (χ2n) is 3.50. The zero-order valence-corrected chi connectivity index (χ0v) is 10.9. The van der Waals surface area contributed by atoms with E-state index in [-0.39, 0.29) is 17.2 Å². The topological polar surface area (TPSA) is 76.7 Å². The quantitative estimate of drug-likeness (QED) is 0.798. The van der Waals surface area contributed by atoms with Gasteiger partial charge in [0.1, 0.15) is 0 Å². The minimum absolute atomic E-state index is 0.158. The molecule has 0 radical (unpaired) electrons. The number of carbonyl (C=O) groups is 2. The second-order valence-corrected chi connectivity index (χ2v) is 3.50. The molecule has 1 rings (SSSR count). The Hall–Kier alpha value is -2.31. The maximum Gasteiger partial charge on any atom is 0.313 e. The normalized spacial score (nSPS) is 9.68. The van der Waals surface area contributed by atoms with Crippen LogP contribution in [0.25, 0.3) is 0 Å². The summed E-state index contributed by atoms with van der Waals surface area (Å²) in [6.07, 6.45) is 0. The fraction of sp³-hybridized carbons (Fsp3) is 0.333. The molecule has 104 valence electrons. The lowest BCUT2D eigenvalue weighted by Gasteiger charge is -2.11. The van der Waals surface area contributed by atoms with Crippen LogP contribution in [0.5, 0.6) is 11.5 Å². The number of carbonyl (C=O) groups excluding carboxylic acids is 2. The van der Waals surface area contributed by atoms with Crippen LogP contribution in [-0.2, 0) is 9.59 Å². The van der Waals surface area contributed by atoms with Crippen molar-refractivity contribution in [2.45, 2.75) is 6.92 Å². The number of halogens is 1. The van der Waals surface area contributed by atoms with E-state index in [1.54, 1.807) is 6.92 Å². The Balaban J connectivity index is 2.95. The molecule has 0 saturated heterocycles. The molecule has 0 spiro atoms. The van der Waals surface area contributed by atoms with Crippen LogP contribution in [0.1, 0.15) is 6.92 Å². The Labute approximate surface area is 109 Å². The van der Waals surface area contributed by atoms with Crippen LogP contribution in [0, 0.1) is 5.82 Å². The van der Waals surface area contributed by atoms with Crippen molar-refractivity contribution in [3.8, 4) is 11.5 Å². The Kier molecular flexibility index (Phi) is 5.11. The molecule has 6 nitrogen and oxygen atoms in total. The average Bonchev–Trinajstić information content (AvgIpc) is 2.40. The van der Waals surface area contributed by atoms with Crippen LogP contribution in [-0.4, -0.2) is 32.6 Å². The highest BCUT2D eigenvalue weighted by Gasteiger charge is 2.17. The SMILES string of the molecule is CCNC(=O)C(=O)Nc1cc(OC)c(OC)cc1F. The van der Waals surface area contributed by atoms with Gasteiger partial charge in [0.15, 0.2) is 17.3 Å². The average molecular weight is 270 g/mol. The fourth-order valence-corrected chi connectivity index (χ4v) is 1.37. The lowest BCUT2D eigenvalue weighted by molar-refractivity contribution is -0.136. The van der Waals surface area contributed by atoms with Gasteiger partial charge in [-0.15, -0.1) is 0 Å². The molecule has 0 saturated carbocycles. The van der Waals surface area contributed by atoms with Crippen LogP contribution in [0.2, 0.25) is 0 Å². The van der Waals surface area contributed by atoms with Gasteiger partial charge < -0.3 is 20.1 Å². The molecule has 1 aromatic rings. The third kappa shape index (κ3) is 3.57. The third-order valence-corrected chi connectivity index (χ3v) is 2.26. The molecule has 0 fully saturated rings. The van der Waals surface area contributed by atoms with Gasteiger partial charge in [-0.25, -0.2) is 4.39 Å². The van der Waals surface area contributed by atoms with Crippen molar-refractivity contribution in [3.05, 3.63) is 17.9 Å². The van der Waals surface area contributed by atoms with Crippen molar-refractivity contribution < 1.29 is 23.5 Å². The predicted molar refractivity (Wildman–Crippen MR) is 66.8 cm³/mol. The summed E-state index contributed by atoms with van der Waals surface area (Å²) in [6.45, 7) is 1.98. The summed E-state index contributed by atoms with van der Waals surface area (Å²) in [5.74, 6) is -2.08. The van der Waals surface area contributed by atoms with Crippen molar-refractivity contribution in [3.63, 3.8) is 0 Å². The van der Waals surface area contributed by atoms with Gasteiger partial charge in [0.05, 0.1) is 19.9 Å².